The summed E-state index contributed by atoms with van der Waals surface area (Å²) in [5.74, 6) is 0.365. The van der Waals surface area contributed by atoms with Crippen molar-refractivity contribution in [3.05, 3.63) is 41.7 Å². The molecule has 0 bridgehead atoms. The molecular weight excluding hydrogens is 365 g/mol. The van der Waals surface area contributed by atoms with Gasteiger partial charge in [-0.05, 0) is 18.6 Å². The van der Waals surface area contributed by atoms with Crippen LogP contribution in [0.4, 0.5) is 21.8 Å². The van der Waals surface area contributed by atoms with Gasteiger partial charge in [0.1, 0.15) is 11.6 Å². The zero-order valence-electron chi connectivity index (χ0n) is 15.6. The van der Waals surface area contributed by atoms with Gasteiger partial charge in [0.05, 0.1) is 24.6 Å². The number of hydrogen-bond acceptors (Lipinski definition) is 9. The van der Waals surface area contributed by atoms with Crippen LogP contribution in [0.5, 0.6) is 5.88 Å². The molecule has 0 spiro atoms. The molecule has 0 aliphatic heterocycles. The summed E-state index contributed by atoms with van der Waals surface area (Å²) in [7, 11) is 1.34. The number of nitrogen functional groups attached to an aromatic ring is 1. The Morgan fingerprint density at radius 3 is 2.64 bits per heavy atom. The number of aromatic nitrogens is 5. The van der Waals surface area contributed by atoms with Gasteiger partial charge in [0, 0.05) is 24.8 Å². The van der Waals surface area contributed by atoms with Crippen LogP contribution in [0, 0.1) is 12.7 Å². The second kappa shape index (κ2) is 8.09. The molecule has 0 saturated carbocycles. The Morgan fingerprint density at radius 1 is 1.21 bits per heavy atom. The fraction of sp³-hybridized carbons (Fsp3) is 0.278. The molecule has 0 aliphatic rings. The fourth-order valence-electron chi connectivity index (χ4n) is 2.53. The Balaban J connectivity index is 2.08. The Bertz CT molecular complexity index is 979. The zero-order valence-corrected chi connectivity index (χ0v) is 15.6. The third kappa shape index (κ3) is 4.12. The van der Waals surface area contributed by atoms with Gasteiger partial charge in [-0.15, -0.1) is 0 Å². The van der Waals surface area contributed by atoms with Crippen molar-refractivity contribution in [3.8, 4) is 17.3 Å². The molecule has 28 heavy (non-hydrogen) atoms. The standard InChI is InChI=1S/C18H20FN7O2/c1-9(8-27)11-4-13(16-23-10(2)24-18(20)26-16)15(21-6-11)25-12-5-14(19)17(28-3)22-7-12/h4-7,9,27H,8H2,1-3H3,(H,21,25)(H2,20,23,24,26)/t9-/m1/s1. The van der Waals surface area contributed by atoms with E-state index >= 15 is 0 Å². The first kappa shape index (κ1) is 19.4. The number of aryl methyl sites for hydroxylation is 1. The predicted octanol–water partition coefficient (Wildman–Crippen LogP) is 2.21. The molecule has 0 saturated heterocycles. The maximum absolute atomic E-state index is 14.0. The highest BCUT2D eigenvalue weighted by molar-refractivity contribution is 5.75. The van der Waals surface area contributed by atoms with Crippen molar-refractivity contribution in [2.24, 2.45) is 0 Å². The van der Waals surface area contributed by atoms with E-state index in [-0.39, 0.29) is 24.4 Å². The maximum atomic E-state index is 14.0. The van der Waals surface area contributed by atoms with E-state index in [4.69, 9.17) is 10.5 Å². The molecule has 0 radical (unpaired) electrons. The van der Waals surface area contributed by atoms with Crippen LogP contribution in [0.15, 0.2) is 24.5 Å². The van der Waals surface area contributed by atoms with Crippen LogP contribution in [0.25, 0.3) is 11.4 Å². The van der Waals surface area contributed by atoms with E-state index in [0.29, 0.717) is 28.7 Å². The van der Waals surface area contributed by atoms with Crippen molar-refractivity contribution in [1.29, 1.82) is 0 Å². The normalized spacial score (nSPS) is 11.9. The summed E-state index contributed by atoms with van der Waals surface area (Å²) in [6.45, 7) is 3.52. The van der Waals surface area contributed by atoms with Gasteiger partial charge in [-0.2, -0.15) is 9.97 Å². The SMILES string of the molecule is COc1ncc(Nc2ncc([C@H](C)CO)cc2-c2nc(C)nc(N)n2)cc1F. The van der Waals surface area contributed by atoms with E-state index < -0.39 is 5.82 Å². The van der Waals surface area contributed by atoms with Gasteiger partial charge in [0.25, 0.3) is 0 Å². The van der Waals surface area contributed by atoms with Gasteiger partial charge < -0.3 is 20.9 Å². The maximum Gasteiger partial charge on any atom is 0.250 e. The van der Waals surface area contributed by atoms with Crippen LogP contribution in [-0.4, -0.2) is 43.7 Å². The molecule has 146 valence electrons. The number of nitrogens with zero attached hydrogens (tertiary/aromatic N) is 5. The fourth-order valence-corrected chi connectivity index (χ4v) is 2.53. The van der Waals surface area contributed by atoms with Crippen molar-refractivity contribution in [2.45, 2.75) is 19.8 Å². The first-order valence-corrected chi connectivity index (χ1v) is 8.47. The summed E-state index contributed by atoms with van der Waals surface area (Å²) < 4.78 is 18.8. The van der Waals surface area contributed by atoms with Gasteiger partial charge in [-0.25, -0.2) is 19.3 Å². The van der Waals surface area contributed by atoms with Crippen LogP contribution < -0.4 is 15.8 Å². The Labute approximate surface area is 160 Å². The minimum atomic E-state index is -0.611. The first-order chi connectivity index (χ1) is 13.4. The average Bonchev–Trinajstić information content (AvgIpc) is 2.67. The Kier molecular flexibility index (Phi) is 5.59. The van der Waals surface area contributed by atoms with Gasteiger partial charge >= 0.3 is 0 Å². The van der Waals surface area contributed by atoms with Crippen molar-refractivity contribution in [1.82, 2.24) is 24.9 Å². The van der Waals surface area contributed by atoms with E-state index in [0.717, 1.165) is 5.56 Å². The molecule has 3 aromatic heterocycles. The average molecular weight is 385 g/mol. The number of nitrogens with one attached hydrogen (secondary N) is 1. The minimum Gasteiger partial charge on any atom is -0.479 e. The molecule has 0 unspecified atom stereocenters. The molecule has 3 heterocycles. The molecule has 3 aromatic rings. The molecule has 3 rings (SSSR count). The lowest BCUT2D eigenvalue weighted by Gasteiger charge is -2.15. The predicted molar refractivity (Wildman–Crippen MR) is 102 cm³/mol. The number of aliphatic hydroxyl groups excluding tert-OH is 1. The summed E-state index contributed by atoms with van der Waals surface area (Å²) in [5, 5.41) is 12.5. The van der Waals surface area contributed by atoms with E-state index in [1.54, 1.807) is 19.2 Å². The minimum absolute atomic E-state index is 0.0418. The molecule has 10 heteroatoms. The number of hydrogen-bond donors (Lipinski definition) is 3. The van der Waals surface area contributed by atoms with Gasteiger partial charge in [-0.1, -0.05) is 6.92 Å². The van der Waals surface area contributed by atoms with Crippen LogP contribution >= 0.6 is 0 Å². The number of aliphatic hydroxyl groups is 1. The van der Waals surface area contributed by atoms with Crippen molar-refractivity contribution in [3.63, 3.8) is 0 Å². The number of rotatable bonds is 6. The highest BCUT2D eigenvalue weighted by Gasteiger charge is 2.16. The van der Waals surface area contributed by atoms with Crippen molar-refractivity contribution < 1.29 is 14.2 Å². The molecule has 0 aliphatic carbocycles. The summed E-state index contributed by atoms with van der Waals surface area (Å²) >= 11 is 0. The zero-order chi connectivity index (χ0) is 20.3. The molecule has 0 amide bonds. The van der Waals surface area contributed by atoms with Crippen LogP contribution in [0.2, 0.25) is 0 Å². The lowest BCUT2D eigenvalue weighted by atomic mass is 10.0. The second-order valence-electron chi connectivity index (χ2n) is 6.15. The lowest BCUT2D eigenvalue weighted by molar-refractivity contribution is 0.273. The van der Waals surface area contributed by atoms with Gasteiger partial charge in [0.2, 0.25) is 11.8 Å². The second-order valence-corrected chi connectivity index (χ2v) is 6.15. The summed E-state index contributed by atoms with van der Waals surface area (Å²) in [4.78, 5) is 20.8. The lowest BCUT2D eigenvalue weighted by Crippen LogP contribution is -2.07. The van der Waals surface area contributed by atoms with Gasteiger partial charge in [-0.3, -0.25) is 0 Å². The molecule has 0 aromatic carbocycles. The number of nitrogens with two attached hydrogens (primary N) is 1. The highest BCUT2D eigenvalue weighted by Crippen LogP contribution is 2.30. The van der Waals surface area contributed by atoms with Crippen molar-refractivity contribution in [2.75, 3.05) is 24.8 Å². The van der Waals surface area contributed by atoms with Crippen LogP contribution in [0.3, 0.4) is 0 Å². The van der Waals surface area contributed by atoms with Crippen LogP contribution in [-0.2, 0) is 0 Å². The monoisotopic (exact) mass is 385 g/mol. The summed E-state index contributed by atoms with van der Waals surface area (Å²) in [6, 6.07) is 3.05. The number of anilines is 3. The smallest absolute Gasteiger partial charge is 0.250 e. The van der Waals surface area contributed by atoms with Crippen molar-refractivity contribution >= 4 is 17.5 Å². The Hall–Kier alpha value is -3.40. The van der Waals surface area contributed by atoms with Gasteiger partial charge in [0.15, 0.2) is 11.6 Å². The quantitative estimate of drug-likeness (QED) is 0.584. The first-order valence-electron chi connectivity index (χ1n) is 8.47. The molecular formula is C18H20FN7O2. The molecule has 9 nitrogen and oxygen atoms in total. The highest BCUT2D eigenvalue weighted by atomic mass is 19.1. The van der Waals surface area contributed by atoms with Crippen LogP contribution in [0.1, 0.15) is 24.2 Å². The molecule has 4 N–H and O–H groups in total. The summed E-state index contributed by atoms with van der Waals surface area (Å²) in [5.41, 5.74) is 7.45. The largest absolute Gasteiger partial charge is 0.479 e. The molecule has 1 atom stereocenters. The topological polar surface area (TPSA) is 132 Å². The van der Waals surface area contributed by atoms with E-state index in [1.165, 1.54) is 19.4 Å². The van der Waals surface area contributed by atoms with E-state index in [1.807, 2.05) is 6.92 Å². The number of ether oxygens (including phenoxy) is 1. The van der Waals surface area contributed by atoms with E-state index in [9.17, 15) is 9.50 Å². The number of halogens is 1. The third-order valence-corrected chi connectivity index (χ3v) is 4.02. The number of methoxy groups -OCH3 is 1. The molecule has 0 fully saturated rings. The van der Waals surface area contributed by atoms with E-state index in [2.05, 4.69) is 30.2 Å². The Morgan fingerprint density at radius 2 is 2.00 bits per heavy atom. The summed E-state index contributed by atoms with van der Waals surface area (Å²) in [6.07, 6.45) is 3.04. The third-order valence-electron chi connectivity index (χ3n) is 4.02. The number of pyridine rings is 2.